The summed E-state index contributed by atoms with van der Waals surface area (Å²) in [5, 5.41) is 6.83. The third-order valence-electron chi connectivity index (χ3n) is 3.11. The van der Waals surface area contributed by atoms with E-state index >= 15 is 0 Å². The molecule has 5 heteroatoms. The molecule has 0 heterocycles. The average Bonchev–Trinajstić information content (AvgIpc) is 3.17. The van der Waals surface area contributed by atoms with E-state index in [4.69, 9.17) is 17.3 Å². The largest absolute Gasteiger partial charge is 0.381 e. The van der Waals surface area contributed by atoms with E-state index < -0.39 is 6.04 Å². The number of amides is 1. The van der Waals surface area contributed by atoms with Crippen LogP contribution in [-0.2, 0) is 4.79 Å². The van der Waals surface area contributed by atoms with Gasteiger partial charge in [-0.05, 0) is 37.5 Å². The van der Waals surface area contributed by atoms with E-state index in [0.29, 0.717) is 23.2 Å². The van der Waals surface area contributed by atoms with E-state index in [1.165, 1.54) is 12.8 Å². The zero-order valence-corrected chi connectivity index (χ0v) is 11.8. The molecule has 1 aliphatic rings. The second kappa shape index (κ2) is 6.26. The summed E-state index contributed by atoms with van der Waals surface area (Å²) in [6.45, 7) is 2.01. The van der Waals surface area contributed by atoms with Gasteiger partial charge >= 0.3 is 0 Å². The van der Waals surface area contributed by atoms with Crippen LogP contribution < -0.4 is 16.4 Å². The van der Waals surface area contributed by atoms with Gasteiger partial charge in [-0.2, -0.15) is 0 Å². The molecule has 4 nitrogen and oxygen atoms in total. The molecule has 1 aliphatic carbocycles. The lowest BCUT2D eigenvalue weighted by Crippen LogP contribution is -2.35. The molecule has 1 amide bonds. The fourth-order valence-electron chi connectivity index (χ4n) is 1.86. The number of benzene rings is 1. The maximum Gasteiger partial charge on any atom is 0.241 e. The van der Waals surface area contributed by atoms with E-state index in [1.54, 1.807) is 6.07 Å². The summed E-state index contributed by atoms with van der Waals surface area (Å²) in [5.74, 6) is -0.164. The molecule has 1 unspecified atom stereocenters. The van der Waals surface area contributed by atoms with E-state index in [0.717, 1.165) is 12.1 Å². The van der Waals surface area contributed by atoms with Crippen LogP contribution >= 0.6 is 11.6 Å². The lowest BCUT2D eigenvalue weighted by Gasteiger charge is -2.15. The Morgan fingerprint density at radius 3 is 2.84 bits per heavy atom. The van der Waals surface area contributed by atoms with Gasteiger partial charge in [0.25, 0.3) is 0 Å². The van der Waals surface area contributed by atoms with Gasteiger partial charge in [-0.15, -0.1) is 0 Å². The Balaban J connectivity index is 2.08. The predicted octanol–water partition coefficient (Wildman–Crippen LogP) is 2.98. The number of carbonyl (C=O) groups excluding carboxylic acids is 1. The van der Waals surface area contributed by atoms with Crippen molar-refractivity contribution in [3.63, 3.8) is 0 Å². The molecule has 19 heavy (non-hydrogen) atoms. The van der Waals surface area contributed by atoms with Crippen LogP contribution in [0.25, 0.3) is 0 Å². The summed E-state index contributed by atoms with van der Waals surface area (Å²) in [7, 11) is 0. The van der Waals surface area contributed by atoms with Crippen molar-refractivity contribution in [2.75, 3.05) is 10.6 Å². The molecule has 0 aromatic heterocycles. The third-order valence-corrected chi connectivity index (χ3v) is 3.35. The summed E-state index contributed by atoms with van der Waals surface area (Å²) in [5.41, 5.74) is 7.42. The fourth-order valence-corrected chi connectivity index (χ4v) is 2.03. The van der Waals surface area contributed by atoms with Crippen LogP contribution in [0.2, 0.25) is 5.02 Å². The Labute approximate surface area is 118 Å². The first-order chi connectivity index (χ1) is 9.10. The summed E-state index contributed by atoms with van der Waals surface area (Å²) >= 11 is 5.98. The standard InChI is InChI=1S/C14H20ClN3O/c1-2-3-11(16)14(19)18-13-8-9(15)4-7-12(13)17-10-5-6-10/h4,7-8,10-11,17H,2-3,5-6,16H2,1H3,(H,18,19). The van der Waals surface area contributed by atoms with Gasteiger partial charge in [0, 0.05) is 11.1 Å². The van der Waals surface area contributed by atoms with E-state index in [-0.39, 0.29) is 5.91 Å². The quantitative estimate of drug-likeness (QED) is 0.751. The van der Waals surface area contributed by atoms with Gasteiger partial charge in [0.1, 0.15) is 0 Å². The highest BCUT2D eigenvalue weighted by Crippen LogP contribution is 2.31. The molecule has 104 valence electrons. The highest BCUT2D eigenvalue weighted by atomic mass is 35.5. The maximum atomic E-state index is 12.0. The summed E-state index contributed by atoms with van der Waals surface area (Å²) in [6.07, 6.45) is 3.91. The molecule has 1 fully saturated rings. The van der Waals surface area contributed by atoms with Gasteiger partial charge in [0.05, 0.1) is 17.4 Å². The van der Waals surface area contributed by atoms with Crippen molar-refractivity contribution in [3.05, 3.63) is 23.2 Å². The average molecular weight is 282 g/mol. The van der Waals surface area contributed by atoms with Gasteiger partial charge in [0.2, 0.25) is 5.91 Å². The van der Waals surface area contributed by atoms with Crippen LogP contribution in [0.5, 0.6) is 0 Å². The highest BCUT2D eigenvalue weighted by Gasteiger charge is 2.22. The molecule has 1 aromatic carbocycles. The van der Waals surface area contributed by atoms with Crippen LogP contribution in [0, 0.1) is 0 Å². The molecule has 0 aliphatic heterocycles. The Kier molecular flexibility index (Phi) is 4.66. The van der Waals surface area contributed by atoms with Crippen molar-refractivity contribution in [3.8, 4) is 0 Å². The molecule has 2 rings (SSSR count). The number of nitrogens with two attached hydrogens (primary N) is 1. The number of rotatable bonds is 6. The molecular formula is C14H20ClN3O. The van der Waals surface area contributed by atoms with Crippen molar-refractivity contribution in [2.24, 2.45) is 5.73 Å². The number of nitrogens with one attached hydrogen (secondary N) is 2. The molecule has 4 N–H and O–H groups in total. The first-order valence-electron chi connectivity index (χ1n) is 6.72. The number of carbonyl (C=O) groups is 1. The van der Waals surface area contributed by atoms with Crippen molar-refractivity contribution >= 4 is 28.9 Å². The van der Waals surface area contributed by atoms with Gasteiger partial charge < -0.3 is 16.4 Å². The molecule has 1 atom stereocenters. The summed E-state index contributed by atoms with van der Waals surface area (Å²) < 4.78 is 0. The van der Waals surface area contributed by atoms with Gasteiger partial charge in [0.15, 0.2) is 0 Å². The van der Waals surface area contributed by atoms with Gasteiger partial charge in [-0.25, -0.2) is 0 Å². The normalized spacial score (nSPS) is 15.9. The van der Waals surface area contributed by atoms with E-state index in [1.807, 2.05) is 19.1 Å². The van der Waals surface area contributed by atoms with Crippen molar-refractivity contribution < 1.29 is 4.79 Å². The SMILES string of the molecule is CCCC(N)C(=O)Nc1cc(Cl)ccc1NC1CC1. The van der Waals surface area contributed by atoms with Crippen LogP contribution in [-0.4, -0.2) is 18.0 Å². The lowest BCUT2D eigenvalue weighted by molar-refractivity contribution is -0.117. The summed E-state index contributed by atoms with van der Waals surface area (Å²) in [4.78, 5) is 12.0. The number of anilines is 2. The molecule has 0 radical (unpaired) electrons. The Morgan fingerprint density at radius 1 is 1.47 bits per heavy atom. The minimum absolute atomic E-state index is 0.164. The van der Waals surface area contributed by atoms with Crippen molar-refractivity contribution in [1.82, 2.24) is 0 Å². The maximum absolute atomic E-state index is 12.0. The molecule has 0 bridgehead atoms. The topological polar surface area (TPSA) is 67.2 Å². The number of hydrogen-bond acceptors (Lipinski definition) is 3. The monoisotopic (exact) mass is 281 g/mol. The highest BCUT2D eigenvalue weighted by molar-refractivity contribution is 6.31. The lowest BCUT2D eigenvalue weighted by atomic mass is 10.1. The Hall–Kier alpha value is -1.26. The second-order valence-electron chi connectivity index (χ2n) is 4.99. The fraction of sp³-hybridized carbons (Fsp3) is 0.500. The third kappa shape index (κ3) is 4.11. The molecule has 0 spiro atoms. The molecule has 1 saturated carbocycles. The van der Waals surface area contributed by atoms with Crippen molar-refractivity contribution in [2.45, 2.75) is 44.7 Å². The van der Waals surface area contributed by atoms with Crippen LogP contribution in [0.15, 0.2) is 18.2 Å². The molecular weight excluding hydrogens is 262 g/mol. The summed E-state index contributed by atoms with van der Waals surface area (Å²) in [6, 6.07) is 5.50. The zero-order valence-electron chi connectivity index (χ0n) is 11.1. The Morgan fingerprint density at radius 2 is 2.21 bits per heavy atom. The first-order valence-corrected chi connectivity index (χ1v) is 7.10. The minimum atomic E-state index is -0.474. The molecule has 0 saturated heterocycles. The zero-order chi connectivity index (χ0) is 13.8. The predicted molar refractivity (Wildman–Crippen MR) is 79.6 cm³/mol. The Bertz CT molecular complexity index is 460. The van der Waals surface area contributed by atoms with Crippen LogP contribution in [0.3, 0.4) is 0 Å². The van der Waals surface area contributed by atoms with Gasteiger partial charge in [-0.1, -0.05) is 24.9 Å². The second-order valence-corrected chi connectivity index (χ2v) is 5.43. The van der Waals surface area contributed by atoms with Crippen LogP contribution in [0.1, 0.15) is 32.6 Å². The molecule has 1 aromatic rings. The first kappa shape index (κ1) is 14.2. The van der Waals surface area contributed by atoms with Crippen LogP contribution in [0.4, 0.5) is 11.4 Å². The number of halogens is 1. The van der Waals surface area contributed by atoms with Crippen molar-refractivity contribution in [1.29, 1.82) is 0 Å². The van der Waals surface area contributed by atoms with E-state index in [2.05, 4.69) is 10.6 Å². The van der Waals surface area contributed by atoms with E-state index in [9.17, 15) is 4.79 Å². The smallest absolute Gasteiger partial charge is 0.241 e. The van der Waals surface area contributed by atoms with Gasteiger partial charge in [-0.3, -0.25) is 4.79 Å². The minimum Gasteiger partial charge on any atom is -0.381 e. The number of hydrogen-bond donors (Lipinski definition) is 3.